The smallest absolute Gasteiger partial charge is 0.298 e. The molecule has 4 heterocycles. The van der Waals surface area contributed by atoms with Gasteiger partial charge >= 0.3 is 0 Å². The minimum absolute atomic E-state index is 0.332. The number of alkyl halides is 1. The molecule has 0 fully saturated rings. The van der Waals surface area contributed by atoms with Crippen LogP contribution in [0.25, 0.3) is 22.1 Å². The van der Waals surface area contributed by atoms with Gasteiger partial charge in [0.05, 0.1) is 33.5 Å². The third-order valence-corrected chi connectivity index (χ3v) is 8.68. The van der Waals surface area contributed by atoms with Crippen molar-refractivity contribution in [3.05, 3.63) is 94.7 Å². The normalized spacial score (nSPS) is 12.2. The van der Waals surface area contributed by atoms with Gasteiger partial charge in [0.15, 0.2) is 0 Å². The van der Waals surface area contributed by atoms with Crippen LogP contribution in [0, 0.1) is 13.8 Å². The van der Waals surface area contributed by atoms with E-state index in [1.807, 2.05) is 103 Å². The van der Waals surface area contributed by atoms with Crippen molar-refractivity contribution < 1.29 is 9.59 Å². The minimum atomic E-state index is -0.332. The Bertz CT molecular complexity index is 2210. The number of rotatable bonds is 10. The van der Waals surface area contributed by atoms with Crippen molar-refractivity contribution in [1.82, 2.24) is 37.8 Å². The predicted octanol–water partition coefficient (Wildman–Crippen LogP) is 5.03. The first kappa shape index (κ1) is 34.4. The quantitative estimate of drug-likeness (QED) is 0.116. The molecule has 0 bridgehead atoms. The van der Waals surface area contributed by atoms with Crippen LogP contribution < -0.4 is 11.2 Å². The molecule has 4 aromatic heterocycles. The lowest BCUT2D eigenvalue weighted by Gasteiger charge is -2.09. The largest absolute Gasteiger partial charge is 0.313 e. The summed E-state index contributed by atoms with van der Waals surface area (Å²) in [5.74, 6) is 0.0137. The van der Waals surface area contributed by atoms with Gasteiger partial charge in [0.2, 0.25) is 17.6 Å². The van der Waals surface area contributed by atoms with Crippen molar-refractivity contribution in [3.63, 3.8) is 0 Å². The number of amides is 2. The number of benzene rings is 2. The second-order valence-electron chi connectivity index (χ2n) is 11.6. The first-order valence-electron chi connectivity index (χ1n) is 16.2. The number of unbranched alkanes of at least 4 members (excludes halogenated alkanes) is 1. The van der Waals surface area contributed by atoms with Crippen molar-refractivity contribution >= 4 is 46.0 Å². The molecule has 0 N–H and O–H groups in total. The molecular weight excluding hydrogens is 628 g/mol. The number of carbonyl (C=O) groups excluding carboxylic acids is 2. The average Bonchev–Trinajstić information content (AvgIpc) is 3.84. The van der Waals surface area contributed by atoms with Crippen LogP contribution in [-0.2, 0) is 50.9 Å². The van der Waals surface area contributed by atoms with Crippen molar-refractivity contribution in [3.8, 4) is 0 Å². The van der Waals surface area contributed by atoms with Gasteiger partial charge in [-0.2, -0.15) is 20.2 Å². The van der Waals surface area contributed by atoms with E-state index in [0.29, 0.717) is 48.9 Å². The van der Waals surface area contributed by atoms with Crippen molar-refractivity contribution in [2.75, 3.05) is 0 Å². The number of hydrogen-bond acceptors (Lipinski definition) is 4. The molecule has 0 saturated heterocycles. The number of para-hydroxylation sites is 3. The van der Waals surface area contributed by atoms with Crippen LogP contribution in [-0.4, -0.2) is 50.1 Å². The number of fused-ring (bicyclic) bond motifs is 2. The number of imidazole rings is 2. The van der Waals surface area contributed by atoms with Gasteiger partial charge in [-0.1, -0.05) is 24.3 Å². The Balaban J connectivity index is 0.000000494. The summed E-state index contributed by atoms with van der Waals surface area (Å²) in [7, 11) is 3.84. The van der Waals surface area contributed by atoms with Gasteiger partial charge in [0.25, 0.3) is 5.91 Å². The molecular formula is C35H43ClN10O2. The van der Waals surface area contributed by atoms with Crippen LogP contribution in [0.4, 0.5) is 0 Å². The molecule has 0 radical (unpaired) electrons. The van der Waals surface area contributed by atoms with Gasteiger partial charge in [0, 0.05) is 52.4 Å². The fourth-order valence-electron chi connectivity index (χ4n) is 6.09. The second kappa shape index (κ2) is 15.3. The standard InChI is InChI=1S/C29H33ClN8O2.C6H10N2/c1-5-38-25(17-20(2)33-38)27(40)32-29-35(4)24-14-10-11-21(18-30)26(24)37(29)16-9-8-15-36-23-13-7-6-12-22(23)34(3)28(36)31-19-39;1-3-8-5-4-6(2)7-8/h6-7,10-14,17,19H,5,8-9,15-16,18H2,1-4H3;4-5H,3H2,1-2H3. The van der Waals surface area contributed by atoms with E-state index in [4.69, 9.17) is 11.6 Å². The third kappa shape index (κ3) is 6.98. The molecule has 0 aliphatic rings. The van der Waals surface area contributed by atoms with Gasteiger partial charge in [0.1, 0.15) is 5.69 Å². The number of hydrogen-bond donors (Lipinski definition) is 0. The third-order valence-electron chi connectivity index (χ3n) is 8.39. The van der Waals surface area contributed by atoms with E-state index in [9.17, 15) is 9.59 Å². The number of aromatic nitrogens is 8. The molecule has 2 aromatic carbocycles. The van der Waals surface area contributed by atoms with Crippen LogP contribution in [0.5, 0.6) is 0 Å². The first-order chi connectivity index (χ1) is 23.2. The van der Waals surface area contributed by atoms with Gasteiger partial charge in [-0.15, -0.1) is 11.6 Å². The molecule has 0 atom stereocenters. The SMILES string of the molecule is CCn1ccc(C)n1.CCn1nc(C)cc1C(=O)N=c1n(C)c2cccc(CCl)c2n1CCCCn1c(=NC=O)n(C)c2ccccc21. The van der Waals surface area contributed by atoms with Crippen LogP contribution >= 0.6 is 11.6 Å². The Hall–Kier alpha value is -4.97. The maximum Gasteiger partial charge on any atom is 0.298 e. The maximum atomic E-state index is 13.4. The monoisotopic (exact) mass is 670 g/mol. The lowest BCUT2D eigenvalue weighted by atomic mass is 10.2. The zero-order valence-electron chi connectivity index (χ0n) is 28.5. The first-order valence-corrected chi connectivity index (χ1v) is 16.7. The minimum Gasteiger partial charge on any atom is -0.313 e. The highest BCUT2D eigenvalue weighted by Crippen LogP contribution is 2.21. The van der Waals surface area contributed by atoms with Crippen LogP contribution in [0.15, 0.2) is 70.8 Å². The van der Waals surface area contributed by atoms with Crippen molar-refractivity contribution in [1.29, 1.82) is 0 Å². The lowest BCUT2D eigenvalue weighted by molar-refractivity contribution is -0.107. The fourth-order valence-corrected chi connectivity index (χ4v) is 6.30. The molecule has 252 valence electrons. The molecule has 48 heavy (non-hydrogen) atoms. The highest BCUT2D eigenvalue weighted by Gasteiger charge is 2.17. The van der Waals surface area contributed by atoms with Crippen LogP contribution in [0.3, 0.4) is 0 Å². The van der Waals surface area contributed by atoms with Gasteiger partial charge < -0.3 is 18.3 Å². The Kier molecular flexibility index (Phi) is 10.9. The zero-order chi connectivity index (χ0) is 34.4. The Labute approximate surface area is 284 Å². The van der Waals surface area contributed by atoms with E-state index in [1.165, 1.54) is 0 Å². The van der Waals surface area contributed by atoms with Gasteiger partial charge in [-0.05, 0) is 76.4 Å². The van der Waals surface area contributed by atoms with E-state index in [2.05, 4.69) is 36.2 Å². The van der Waals surface area contributed by atoms with Crippen molar-refractivity contribution in [2.24, 2.45) is 24.1 Å². The molecule has 0 saturated carbocycles. The highest BCUT2D eigenvalue weighted by atomic mass is 35.5. The average molecular weight is 671 g/mol. The molecule has 0 unspecified atom stereocenters. The number of carbonyl (C=O) groups is 2. The summed E-state index contributed by atoms with van der Waals surface area (Å²) in [6, 6.07) is 17.8. The van der Waals surface area contributed by atoms with Crippen LogP contribution in [0.2, 0.25) is 0 Å². The second-order valence-corrected chi connectivity index (χ2v) is 11.9. The summed E-state index contributed by atoms with van der Waals surface area (Å²) in [5.41, 5.74) is 8.46. The summed E-state index contributed by atoms with van der Waals surface area (Å²) in [6.07, 6.45) is 4.19. The van der Waals surface area contributed by atoms with E-state index >= 15 is 0 Å². The molecule has 0 spiro atoms. The van der Waals surface area contributed by atoms with E-state index < -0.39 is 0 Å². The van der Waals surface area contributed by atoms with Gasteiger partial charge in [-0.25, -0.2) is 0 Å². The summed E-state index contributed by atoms with van der Waals surface area (Å²) in [6.45, 7) is 10.8. The molecule has 13 heteroatoms. The van der Waals surface area contributed by atoms with Gasteiger partial charge in [-0.3, -0.25) is 19.0 Å². The number of halogens is 1. The molecule has 2 amide bonds. The summed E-state index contributed by atoms with van der Waals surface area (Å²) < 4.78 is 11.6. The summed E-state index contributed by atoms with van der Waals surface area (Å²) in [4.78, 5) is 33.3. The Morgan fingerprint density at radius 2 is 1.52 bits per heavy atom. The van der Waals surface area contributed by atoms with E-state index in [-0.39, 0.29) is 5.91 Å². The molecule has 6 aromatic rings. The topological polar surface area (TPSA) is 114 Å². The number of nitrogens with zero attached hydrogens (tertiary/aromatic N) is 10. The molecule has 6 rings (SSSR count). The van der Waals surface area contributed by atoms with Crippen molar-refractivity contribution in [2.45, 2.75) is 72.6 Å². The summed E-state index contributed by atoms with van der Waals surface area (Å²) in [5, 5.41) is 8.56. The zero-order valence-corrected chi connectivity index (χ0v) is 29.2. The van der Waals surface area contributed by atoms with Crippen LogP contribution in [0.1, 0.15) is 54.1 Å². The lowest BCUT2D eigenvalue weighted by Crippen LogP contribution is -2.27. The Morgan fingerprint density at radius 3 is 2.15 bits per heavy atom. The van der Waals surface area contributed by atoms with E-state index in [0.717, 1.165) is 58.4 Å². The molecule has 12 nitrogen and oxygen atoms in total. The molecule has 0 aliphatic heterocycles. The fraction of sp³-hybridized carbons (Fsp3) is 0.371. The van der Waals surface area contributed by atoms with E-state index in [1.54, 1.807) is 10.7 Å². The molecule has 0 aliphatic carbocycles. The Morgan fingerprint density at radius 1 is 0.833 bits per heavy atom. The highest BCUT2D eigenvalue weighted by molar-refractivity contribution is 6.17. The summed E-state index contributed by atoms with van der Waals surface area (Å²) >= 11 is 6.35. The maximum absolute atomic E-state index is 13.4. The predicted molar refractivity (Wildman–Crippen MR) is 187 cm³/mol. The number of aryl methyl sites for hydroxylation is 8.